The zero-order valence-corrected chi connectivity index (χ0v) is 23.9. The minimum absolute atomic E-state index is 0.0295. The second-order valence-corrected chi connectivity index (χ2v) is 11.9. The number of rotatable bonds is 10. The van der Waals surface area contributed by atoms with Gasteiger partial charge in [0.2, 0.25) is 18.2 Å². The van der Waals surface area contributed by atoms with Crippen LogP contribution >= 0.6 is 0 Å². The lowest BCUT2D eigenvalue weighted by atomic mass is 9.99. The van der Waals surface area contributed by atoms with Gasteiger partial charge in [0.15, 0.2) is 5.82 Å². The van der Waals surface area contributed by atoms with Gasteiger partial charge in [-0.15, -0.1) is 0 Å². The van der Waals surface area contributed by atoms with Gasteiger partial charge in [0, 0.05) is 37.6 Å². The van der Waals surface area contributed by atoms with Crippen LogP contribution in [0.1, 0.15) is 76.3 Å². The third-order valence-electron chi connectivity index (χ3n) is 8.50. The number of carbonyl (C=O) groups is 3. The van der Waals surface area contributed by atoms with E-state index in [9.17, 15) is 27.6 Å². The Morgan fingerprint density at radius 3 is 2.43 bits per heavy atom. The Kier molecular flexibility index (Phi) is 8.91. The van der Waals surface area contributed by atoms with Gasteiger partial charge < -0.3 is 15.0 Å². The quantitative estimate of drug-likeness (QED) is 0.405. The van der Waals surface area contributed by atoms with Crippen molar-refractivity contribution < 1.29 is 32.3 Å². The average molecular weight is 590 g/mol. The Balaban J connectivity index is 1.50. The lowest BCUT2D eigenvalue weighted by Crippen LogP contribution is -2.60. The van der Waals surface area contributed by atoms with Crippen molar-refractivity contribution in [3.63, 3.8) is 0 Å². The Labute approximate surface area is 243 Å². The van der Waals surface area contributed by atoms with Gasteiger partial charge in [0.05, 0.1) is 42.1 Å². The monoisotopic (exact) mass is 589 g/mol. The van der Waals surface area contributed by atoms with Crippen molar-refractivity contribution in [3.8, 4) is 11.3 Å². The van der Waals surface area contributed by atoms with Gasteiger partial charge in [-0.05, 0) is 45.1 Å². The SMILES string of the molecule is CC1(NC(=O)C[C@H](CC(=O)N2CCCCC2)N(C=O)c2cc(-c3ccccc3C(F)(F)F)n(C3CCCC3)n2)COC1. The number of hydrogen-bond acceptors (Lipinski definition) is 5. The summed E-state index contributed by atoms with van der Waals surface area (Å²) < 4.78 is 49.0. The van der Waals surface area contributed by atoms with Crippen molar-refractivity contribution in [2.24, 2.45) is 0 Å². The van der Waals surface area contributed by atoms with Gasteiger partial charge in [0.1, 0.15) is 0 Å². The van der Waals surface area contributed by atoms with Crippen molar-refractivity contribution in [2.75, 3.05) is 31.2 Å². The molecule has 12 heteroatoms. The Morgan fingerprint density at radius 1 is 1.12 bits per heavy atom. The first-order valence-corrected chi connectivity index (χ1v) is 14.7. The molecule has 9 nitrogen and oxygen atoms in total. The van der Waals surface area contributed by atoms with Gasteiger partial charge in [-0.3, -0.25) is 24.0 Å². The standard InChI is InChI=1S/C30H38F3N5O4/c1-29(18-42-19-29)34-27(40)15-22(16-28(41)36-13-7-2-8-14-36)37(20-39)26-17-25(38(35-26)21-9-3-4-10-21)23-11-5-6-12-24(23)30(31,32)33/h5-6,11-12,17,20-22H,2-4,7-10,13-16,18-19H2,1H3,(H,34,40)/t22-/m1/s1. The van der Waals surface area contributed by atoms with Crippen molar-refractivity contribution in [2.45, 2.75) is 88.5 Å². The maximum atomic E-state index is 14.0. The summed E-state index contributed by atoms with van der Waals surface area (Å²) in [5, 5.41) is 7.62. The number of halogens is 3. The molecule has 42 heavy (non-hydrogen) atoms. The molecular weight excluding hydrogens is 551 g/mol. The molecule has 2 aliphatic heterocycles. The Hall–Kier alpha value is -3.41. The molecule has 228 valence electrons. The highest BCUT2D eigenvalue weighted by Gasteiger charge is 2.38. The van der Waals surface area contributed by atoms with E-state index in [2.05, 4.69) is 10.4 Å². The lowest BCUT2D eigenvalue weighted by Gasteiger charge is -2.39. The van der Waals surface area contributed by atoms with Crippen LogP contribution in [0.4, 0.5) is 19.0 Å². The molecule has 3 amide bonds. The van der Waals surface area contributed by atoms with E-state index < -0.39 is 23.3 Å². The van der Waals surface area contributed by atoms with Crippen molar-refractivity contribution in [1.82, 2.24) is 20.0 Å². The van der Waals surface area contributed by atoms with Crippen LogP contribution in [0.15, 0.2) is 30.3 Å². The molecule has 3 heterocycles. The van der Waals surface area contributed by atoms with Gasteiger partial charge in [-0.2, -0.15) is 18.3 Å². The van der Waals surface area contributed by atoms with E-state index in [0.717, 1.165) is 51.0 Å². The van der Waals surface area contributed by atoms with E-state index in [1.165, 1.54) is 23.1 Å². The third kappa shape index (κ3) is 6.63. The Morgan fingerprint density at radius 2 is 1.81 bits per heavy atom. The van der Waals surface area contributed by atoms with E-state index in [1.54, 1.807) is 15.6 Å². The van der Waals surface area contributed by atoms with E-state index >= 15 is 0 Å². The number of benzene rings is 1. The lowest BCUT2D eigenvalue weighted by molar-refractivity contribution is -0.137. The summed E-state index contributed by atoms with van der Waals surface area (Å²) in [4.78, 5) is 42.1. The summed E-state index contributed by atoms with van der Waals surface area (Å²) in [6.07, 6.45) is 1.83. The molecule has 1 saturated carbocycles. The fourth-order valence-corrected chi connectivity index (χ4v) is 6.24. The maximum Gasteiger partial charge on any atom is 0.417 e. The third-order valence-corrected chi connectivity index (χ3v) is 8.50. The number of hydrogen-bond donors (Lipinski definition) is 1. The normalized spacial score (nSPS) is 19.7. The molecule has 0 bridgehead atoms. The maximum absolute atomic E-state index is 14.0. The summed E-state index contributed by atoms with van der Waals surface area (Å²) in [6, 6.07) is 5.81. The van der Waals surface area contributed by atoms with Gasteiger partial charge >= 0.3 is 6.18 Å². The van der Waals surface area contributed by atoms with Crippen LogP contribution in [0.2, 0.25) is 0 Å². The fraction of sp³-hybridized carbons (Fsp3) is 0.600. The number of nitrogens with one attached hydrogen (secondary N) is 1. The van der Waals surface area contributed by atoms with E-state index in [0.29, 0.717) is 32.7 Å². The molecule has 1 atom stereocenters. The highest BCUT2D eigenvalue weighted by atomic mass is 19.4. The summed E-state index contributed by atoms with van der Waals surface area (Å²) in [5.41, 5.74) is -1.09. The molecule has 2 aromatic rings. The molecule has 0 unspecified atom stereocenters. The first-order valence-electron chi connectivity index (χ1n) is 14.7. The molecule has 3 fully saturated rings. The number of ether oxygens (including phenoxy) is 1. The smallest absolute Gasteiger partial charge is 0.376 e. The van der Waals surface area contributed by atoms with Crippen LogP contribution in [0.5, 0.6) is 0 Å². The fourth-order valence-electron chi connectivity index (χ4n) is 6.24. The van der Waals surface area contributed by atoms with E-state index in [4.69, 9.17) is 4.74 Å². The summed E-state index contributed by atoms with van der Waals surface area (Å²) in [6.45, 7) is 3.81. The van der Waals surface area contributed by atoms with Crippen LogP contribution in [0.25, 0.3) is 11.3 Å². The minimum Gasteiger partial charge on any atom is -0.376 e. The topological polar surface area (TPSA) is 96.8 Å². The number of anilines is 1. The largest absolute Gasteiger partial charge is 0.417 e. The molecular formula is C30H38F3N5O4. The number of nitrogens with zero attached hydrogens (tertiary/aromatic N) is 4. The minimum atomic E-state index is -4.59. The van der Waals surface area contributed by atoms with Crippen LogP contribution in [-0.2, 0) is 25.3 Å². The van der Waals surface area contributed by atoms with Gasteiger partial charge in [0.25, 0.3) is 0 Å². The van der Waals surface area contributed by atoms with Crippen molar-refractivity contribution in [3.05, 3.63) is 35.9 Å². The van der Waals surface area contributed by atoms with E-state index in [-0.39, 0.29) is 47.8 Å². The molecule has 5 rings (SSSR count). The van der Waals surface area contributed by atoms with Crippen molar-refractivity contribution >= 4 is 24.0 Å². The molecule has 0 spiro atoms. The second-order valence-electron chi connectivity index (χ2n) is 11.9. The van der Waals surface area contributed by atoms with Crippen LogP contribution in [-0.4, -0.2) is 70.8 Å². The molecule has 1 aromatic heterocycles. The summed E-state index contributed by atoms with van der Waals surface area (Å²) in [5.74, 6) is -0.399. The van der Waals surface area contributed by atoms with Gasteiger partial charge in [-0.1, -0.05) is 31.0 Å². The highest BCUT2D eigenvalue weighted by molar-refractivity contribution is 5.85. The number of amides is 3. The molecule has 2 saturated heterocycles. The Bertz CT molecular complexity index is 1280. The number of alkyl halides is 3. The number of carbonyl (C=O) groups excluding carboxylic acids is 3. The molecule has 0 radical (unpaired) electrons. The predicted octanol–water partition coefficient (Wildman–Crippen LogP) is 4.71. The first-order chi connectivity index (χ1) is 20.1. The van der Waals surface area contributed by atoms with Gasteiger partial charge in [-0.25, -0.2) is 0 Å². The number of likely N-dealkylation sites (tertiary alicyclic amines) is 1. The second kappa shape index (κ2) is 12.4. The average Bonchev–Trinajstić information content (AvgIpc) is 3.63. The van der Waals surface area contributed by atoms with E-state index in [1.807, 2.05) is 6.92 Å². The predicted molar refractivity (Wildman–Crippen MR) is 150 cm³/mol. The number of piperidine rings is 1. The first kappa shape index (κ1) is 30.1. The zero-order chi connectivity index (χ0) is 29.9. The van der Waals surface area contributed by atoms with Crippen LogP contribution < -0.4 is 10.2 Å². The van der Waals surface area contributed by atoms with Crippen LogP contribution in [0.3, 0.4) is 0 Å². The molecule has 3 aliphatic rings. The van der Waals surface area contributed by atoms with Crippen LogP contribution in [0, 0.1) is 0 Å². The molecule has 1 aliphatic carbocycles. The zero-order valence-electron chi connectivity index (χ0n) is 23.9. The summed E-state index contributed by atoms with van der Waals surface area (Å²) >= 11 is 0. The summed E-state index contributed by atoms with van der Waals surface area (Å²) in [7, 11) is 0. The molecule has 1 N–H and O–H groups in total. The number of aromatic nitrogens is 2. The highest BCUT2D eigenvalue weighted by Crippen LogP contribution is 2.41. The van der Waals surface area contributed by atoms with Crippen molar-refractivity contribution in [1.29, 1.82) is 0 Å². The molecule has 1 aromatic carbocycles.